The lowest BCUT2D eigenvalue weighted by Crippen LogP contribution is -2.51. The van der Waals surface area contributed by atoms with Crippen molar-refractivity contribution in [2.75, 3.05) is 13.2 Å². The van der Waals surface area contributed by atoms with E-state index in [-0.39, 0.29) is 12.1 Å². The van der Waals surface area contributed by atoms with Gasteiger partial charge in [0, 0.05) is 18.7 Å². The quantitative estimate of drug-likeness (QED) is 0.464. The first-order valence-electron chi connectivity index (χ1n) is 5.61. The molecule has 0 bridgehead atoms. The summed E-state index contributed by atoms with van der Waals surface area (Å²) in [6.07, 6.45) is 7.66. The van der Waals surface area contributed by atoms with Gasteiger partial charge in [-0.2, -0.15) is 0 Å². The minimum atomic E-state index is 0.0251. The predicted octanol–water partition coefficient (Wildman–Crippen LogP) is 1.44. The fraction of sp³-hybridized carbons (Fsp3) is 1.00. The highest BCUT2D eigenvalue weighted by Crippen LogP contribution is 2.32. The van der Waals surface area contributed by atoms with Gasteiger partial charge in [-0.3, -0.25) is 4.72 Å². The molecule has 0 heterocycles. The van der Waals surface area contributed by atoms with Gasteiger partial charge in [-0.05, 0) is 38.0 Å². The summed E-state index contributed by atoms with van der Waals surface area (Å²) >= 11 is 1.58. The van der Waals surface area contributed by atoms with Gasteiger partial charge in [-0.25, -0.2) is 4.72 Å². The summed E-state index contributed by atoms with van der Waals surface area (Å²) in [6.45, 7) is 1.38. The normalized spacial score (nSPS) is 25.5. The van der Waals surface area contributed by atoms with Crippen molar-refractivity contribution in [3.05, 3.63) is 0 Å². The molecular formula is C10H20N2OS. The van der Waals surface area contributed by atoms with Crippen molar-refractivity contribution in [2.24, 2.45) is 5.92 Å². The zero-order valence-corrected chi connectivity index (χ0v) is 9.41. The Morgan fingerprint density at radius 2 is 2.07 bits per heavy atom. The Labute approximate surface area is 90.3 Å². The molecule has 0 saturated heterocycles. The molecule has 0 aromatic heterocycles. The molecule has 0 amide bonds. The van der Waals surface area contributed by atoms with Crippen LogP contribution in [-0.4, -0.2) is 23.8 Å². The summed E-state index contributed by atoms with van der Waals surface area (Å²) in [7, 11) is 0. The van der Waals surface area contributed by atoms with Gasteiger partial charge in [0.15, 0.2) is 0 Å². The Bertz CT molecular complexity index is 175. The van der Waals surface area contributed by atoms with Crippen LogP contribution in [0.2, 0.25) is 0 Å². The third-order valence-corrected chi connectivity index (χ3v) is 4.40. The monoisotopic (exact) mass is 216 g/mol. The molecular weight excluding hydrogens is 196 g/mol. The zero-order valence-electron chi connectivity index (χ0n) is 8.59. The molecule has 2 fully saturated rings. The molecule has 0 aliphatic heterocycles. The lowest BCUT2D eigenvalue weighted by Gasteiger charge is -2.40. The Morgan fingerprint density at radius 1 is 1.29 bits per heavy atom. The standard InChI is InChI=1S/C10H20N2OS/c13-8-10(5-2-6-10)12-14-11-7-9-3-1-4-9/h9,11-13H,1-8H2. The second kappa shape index (κ2) is 4.84. The SMILES string of the molecule is OCC1(NSNCC2CCC2)CCC1. The van der Waals surface area contributed by atoms with Crippen molar-refractivity contribution in [3.8, 4) is 0 Å². The number of nitrogens with one attached hydrogen (secondary N) is 2. The average Bonchev–Trinajstić information content (AvgIpc) is 2.05. The van der Waals surface area contributed by atoms with E-state index < -0.39 is 0 Å². The molecule has 3 N–H and O–H groups in total. The fourth-order valence-corrected chi connectivity index (χ4v) is 2.77. The van der Waals surface area contributed by atoms with Crippen molar-refractivity contribution in [2.45, 2.75) is 44.1 Å². The van der Waals surface area contributed by atoms with Crippen molar-refractivity contribution in [3.63, 3.8) is 0 Å². The Morgan fingerprint density at radius 3 is 2.50 bits per heavy atom. The van der Waals surface area contributed by atoms with Gasteiger partial charge in [0.2, 0.25) is 0 Å². The van der Waals surface area contributed by atoms with Crippen LogP contribution in [0.5, 0.6) is 0 Å². The van der Waals surface area contributed by atoms with E-state index in [1.54, 1.807) is 12.1 Å². The molecule has 2 aliphatic rings. The smallest absolute Gasteiger partial charge is 0.0622 e. The van der Waals surface area contributed by atoms with Gasteiger partial charge >= 0.3 is 0 Å². The van der Waals surface area contributed by atoms with E-state index >= 15 is 0 Å². The Kier molecular flexibility index (Phi) is 3.71. The van der Waals surface area contributed by atoms with Crippen LogP contribution in [0, 0.1) is 5.92 Å². The molecule has 0 radical (unpaired) electrons. The van der Waals surface area contributed by atoms with Gasteiger partial charge in [-0.1, -0.05) is 6.42 Å². The van der Waals surface area contributed by atoms with Crippen LogP contribution in [0.25, 0.3) is 0 Å². The molecule has 2 saturated carbocycles. The van der Waals surface area contributed by atoms with E-state index in [0.717, 1.165) is 25.3 Å². The highest BCUT2D eigenvalue weighted by molar-refractivity contribution is 7.95. The van der Waals surface area contributed by atoms with Crippen LogP contribution in [0.15, 0.2) is 0 Å². The van der Waals surface area contributed by atoms with Crippen LogP contribution < -0.4 is 9.44 Å². The molecule has 0 unspecified atom stereocenters. The largest absolute Gasteiger partial charge is 0.394 e. The summed E-state index contributed by atoms with van der Waals surface area (Å²) in [5, 5.41) is 9.20. The number of aliphatic hydroxyl groups excluding tert-OH is 1. The van der Waals surface area contributed by atoms with E-state index in [1.165, 1.54) is 25.7 Å². The molecule has 82 valence electrons. The maximum Gasteiger partial charge on any atom is 0.0622 e. The lowest BCUT2D eigenvalue weighted by molar-refractivity contribution is 0.113. The number of aliphatic hydroxyl groups is 1. The Hall–Kier alpha value is 0.230. The van der Waals surface area contributed by atoms with E-state index in [9.17, 15) is 5.11 Å². The van der Waals surface area contributed by atoms with Gasteiger partial charge in [0.1, 0.15) is 0 Å². The highest BCUT2D eigenvalue weighted by Gasteiger charge is 2.36. The molecule has 0 spiro atoms. The third kappa shape index (κ3) is 2.42. The third-order valence-electron chi connectivity index (χ3n) is 3.55. The second-order valence-electron chi connectivity index (χ2n) is 4.64. The lowest BCUT2D eigenvalue weighted by atomic mass is 9.78. The average molecular weight is 216 g/mol. The predicted molar refractivity (Wildman–Crippen MR) is 59.7 cm³/mol. The first-order valence-corrected chi connectivity index (χ1v) is 6.43. The van der Waals surface area contributed by atoms with Gasteiger partial charge in [-0.15, -0.1) is 0 Å². The number of rotatable bonds is 6. The topological polar surface area (TPSA) is 44.3 Å². The van der Waals surface area contributed by atoms with Crippen LogP contribution in [0.3, 0.4) is 0 Å². The van der Waals surface area contributed by atoms with Crippen molar-refractivity contribution < 1.29 is 5.11 Å². The van der Waals surface area contributed by atoms with Crippen LogP contribution in [0.1, 0.15) is 38.5 Å². The summed E-state index contributed by atoms with van der Waals surface area (Å²) in [4.78, 5) is 0. The van der Waals surface area contributed by atoms with Gasteiger partial charge in [0.25, 0.3) is 0 Å². The minimum absolute atomic E-state index is 0.0251. The molecule has 0 atom stereocenters. The van der Waals surface area contributed by atoms with Crippen LogP contribution in [0.4, 0.5) is 0 Å². The zero-order chi connectivity index (χ0) is 9.86. The molecule has 0 aromatic carbocycles. The van der Waals surface area contributed by atoms with Crippen LogP contribution >= 0.6 is 12.1 Å². The molecule has 3 nitrogen and oxygen atoms in total. The summed E-state index contributed by atoms with van der Waals surface area (Å²) in [5.74, 6) is 0.899. The fourth-order valence-electron chi connectivity index (χ4n) is 1.90. The minimum Gasteiger partial charge on any atom is -0.394 e. The van der Waals surface area contributed by atoms with Gasteiger partial charge < -0.3 is 5.11 Å². The summed E-state index contributed by atoms with van der Waals surface area (Å²) in [5.41, 5.74) is 0.0251. The second-order valence-corrected chi connectivity index (χ2v) is 5.34. The van der Waals surface area contributed by atoms with E-state index in [2.05, 4.69) is 9.44 Å². The first kappa shape index (κ1) is 10.7. The Balaban J connectivity index is 1.53. The van der Waals surface area contributed by atoms with Crippen LogP contribution in [-0.2, 0) is 0 Å². The maximum atomic E-state index is 9.20. The molecule has 0 aromatic rings. The summed E-state index contributed by atoms with van der Waals surface area (Å²) < 4.78 is 6.68. The van der Waals surface area contributed by atoms with E-state index in [0.29, 0.717) is 0 Å². The molecule has 14 heavy (non-hydrogen) atoms. The van der Waals surface area contributed by atoms with Crippen molar-refractivity contribution >= 4 is 12.1 Å². The number of hydrogen-bond acceptors (Lipinski definition) is 4. The maximum absolute atomic E-state index is 9.20. The van der Waals surface area contributed by atoms with E-state index in [4.69, 9.17) is 0 Å². The van der Waals surface area contributed by atoms with Gasteiger partial charge in [0.05, 0.1) is 12.1 Å². The number of hydrogen-bond donors (Lipinski definition) is 3. The van der Waals surface area contributed by atoms with Crippen molar-refractivity contribution in [1.29, 1.82) is 0 Å². The van der Waals surface area contributed by atoms with Crippen molar-refractivity contribution in [1.82, 2.24) is 9.44 Å². The molecule has 2 aliphatic carbocycles. The van der Waals surface area contributed by atoms with E-state index in [1.807, 2.05) is 0 Å². The molecule has 4 heteroatoms. The first-order chi connectivity index (χ1) is 6.85. The molecule has 2 rings (SSSR count). The summed E-state index contributed by atoms with van der Waals surface area (Å²) in [6, 6.07) is 0. The highest BCUT2D eigenvalue weighted by atomic mass is 32.2.